The molecule has 1 aromatic carbocycles. The molecule has 0 atom stereocenters. The van der Waals surface area contributed by atoms with Crippen molar-refractivity contribution in [2.75, 3.05) is 6.61 Å². The Morgan fingerprint density at radius 3 is 2.87 bits per heavy atom. The average Bonchev–Trinajstić information content (AvgIpc) is 2.52. The minimum atomic E-state index is 0.543. The minimum Gasteiger partial charge on any atom is -0.461 e. The Morgan fingerprint density at radius 1 is 1.33 bits per heavy atom. The summed E-state index contributed by atoms with van der Waals surface area (Å²) >= 11 is 0. The number of hydrogen-bond donors (Lipinski definition) is 1. The third-order valence-corrected chi connectivity index (χ3v) is 2.75. The van der Waals surface area contributed by atoms with Gasteiger partial charge < -0.3 is 9.25 Å². The summed E-state index contributed by atoms with van der Waals surface area (Å²) < 4.78 is 5.60. The zero-order chi connectivity index (χ0) is 10.8. The van der Waals surface area contributed by atoms with Crippen LogP contribution in [0.1, 0.15) is 16.9 Å². The maximum atomic E-state index is 5.60. The number of nitrogens with two attached hydrogens (primary N) is 1. The van der Waals surface area contributed by atoms with Crippen molar-refractivity contribution in [1.82, 2.24) is 0 Å². The van der Waals surface area contributed by atoms with E-state index in [4.69, 9.17) is 10.3 Å². The fourth-order valence-corrected chi connectivity index (χ4v) is 1.72. The Hall–Kier alpha value is -1.32. The van der Waals surface area contributed by atoms with Crippen molar-refractivity contribution >= 4 is 11.0 Å². The van der Waals surface area contributed by atoms with Gasteiger partial charge in [-0.1, -0.05) is 6.07 Å². The molecule has 2 N–H and O–H groups in total. The predicted octanol–water partition coefficient (Wildman–Crippen LogP) is 2.48. The summed E-state index contributed by atoms with van der Waals surface area (Å²) in [5, 5.41) is 1.18. The van der Waals surface area contributed by atoms with E-state index in [0.717, 1.165) is 17.8 Å². The lowest BCUT2D eigenvalue weighted by Crippen LogP contribution is -2.03. The van der Waals surface area contributed by atoms with Crippen molar-refractivity contribution in [1.29, 1.82) is 0 Å². The van der Waals surface area contributed by atoms with Crippen molar-refractivity contribution < 1.29 is 9.25 Å². The van der Waals surface area contributed by atoms with Gasteiger partial charge in [0.05, 0.1) is 6.61 Å². The molecule has 0 aliphatic rings. The number of fused-ring (bicyclic) bond motifs is 1. The van der Waals surface area contributed by atoms with E-state index in [1.807, 2.05) is 19.1 Å². The van der Waals surface area contributed by atoms with E-state index in [1.165, 1.54) is 16.5 Å². The van der Waals surface area contributed by atoms with Crippen LogP contribution in [0.3, 0.4) is 0 Å². The quantitative estimate of drug-likeness (QED) is 0.783. The summed E-state index contributed by atoms with van der Waals surface area (Å²) in [5.74, 6) is 5.99. The monoisotopic (exact) mass is 205 g/mol. The van der Waals surface area contributed by atoms with E-state index in [9.17, 15) is 0 Å². The van der Waals surface area contributed by atoms with Crippen LogP contribution in [0.25, 0.3) is 11.0 Å². The van der Waals surface area contributed by atoms with Gasteiger partial charge in [0.1, 0.15) is 11.3 Å². The summed E-state index contributed by atoms with van der Waals surface area (Å²) in [4.78, 5) is 4.57. The van der Waals surface area contributed by atoms with Gasteiger partial charge in [0, 0.05) is 5.39 Å². The molecule has 0 radical (unpaired) electrons. The van der Waals surface area contributed by atoms with Gasteiger partial charge in [0.2, 0.25) is 0 Å². The van der Waals surface area contributed by atoms with Crippen LogP contribution in [0.15, 0.2) is 22.6 Å². The second-order valence-corrected chi connectivity index (χ2v) is 3.73. The second-order valence-electron chi connectivity index (χ2n) is 3.73. The molecule has 3 heteroatoms. The lowest BCUT2D eigenvalue weighted by atomic mass is 10.1. The smallest absolute Gasteiger partial charge is 0.134 e. The number of rotatable bonds is 3. The number of hydrogen-bond acceptors (Lipinski definition) is 3. The number of benzene rings is 1. The number of aryl methyl sites for hydroxylation is 2. The largest absolute Gasteiger partial charge is 0.461 e. The molecule has 0 saturated carbocycles. The predicted molar refractivity (Wildman–Crippen MR) is 59.5 cm³/mol. The lowest BCUT2D eigenvalue weighted by Gasteiger charge is -1.99. The van der Waals surface area contributed by atoms with E-state index >= 15 is 0 Å². The van der Waals surface area contributed by atoms with Crippen LogP contribution in [0.4, 0.5) is 0 Å². The summed E-state index contributed by atoms with van der Waals surface area (Å²) in [5.41, 5.74) is 3.37. The highest BCUT2D eigenvalue weighted by Crippen LogP contribution is 2.25. The van der Waals surface area contributed by atoms with E-state index in [2.05, 4.69) is 17.8 Å². The Bertz CT molecular complexity index is 474. The highest BCUT2D eigenvalue weighted by molar-refractivity contribution is 5.82. The molecule has 3 nitrogen and oxygen atoms in total. The zero-order valence-corrected chi connectivity index (χ0v) is 9.04. The van der Waals surface area contributed by atoms with Crippen LogP contribution < -0.4 is 5.90 Å². The van der Waals surface area contributed by atoms with Gasteiger partial charge in [-0.3, -0.25) is 0 Å². The van der Waals surface area contributed by atoms with Gasteiger partial charge in [-0.05, 0) is 43.5 Å². The minimum absolute atomic E-state index is 0.543. The third-order valence-electron chi connectivity index (χ3n) is 2.75. The zero-order valence-electron chi connectivity index (χ0n) is 9.04. The SMILES string of the molecule is Cc1oc2ccc(CCON)cc2c1C. The van der Waals surface area contributed by atoms with Gasteiger partial charge in [-0.15, -0.1) is 0 Å². The molecule has 2 rings (SSSR count). The summed E-state index contributed by atoms with van der Waals surface area (Å²) in [7, 11) is 0. The second kappa shape index (κ2) is 4.04. The van der Waals surface area contributed by atoms with Crippen molar-refractivity contribution in [3.63, 3.8) is 0 Å². The average molecular weight is 205 g/mol. The van der Waals surface area contributed by atoms with E-state index in [-0.39, 0.29) is 0 Å². The molecule has 1 aromatic heterocycles. The van der Waals surface area contributed by atoms with Crippen LogP contribution in [-0.2, 0) is 11.3 Å². The van der Waals surface area contributed by atoms with Crippen LogP contribution in [0.2, 0.25) is 0 Å². The Balaban J connectivity index is 2.41. The molecule has 0 unspecified atom stereocenters. The first-order chi connectivity index (χ1) is 7.22. The number of furan rings is 1. The highest BCUT2D eigenvalue weighted by atomic mass is 16.6. The molecular formula is C12H15NO2. The van der Waals surface area contributed by atoms with Crippen LogP contribution in [0.5, 0.6) is 0 Å². The third kappa shape index (κ3) is 1.89. The van der Waals surface area contributed by atoms with E-state index < -0.39 is 0 Å². The summed E-state index contributed by atoms with van der Waals surface area (Å²) in [6, 6.07) is 6.19. The molecular weight excluding hydrogens is 190 g/mol. The van der Waals surface area contributed by atoms with Crippen molar-refractivity contribution in [3.8, 4) is 0 Å². The molecule has 0 aliphatic heterocycles. The summed E-state index contributed by atoms with van der Waals surface area (Å²) in [6.07, 6.45) is 0.829. The molecule has 1 heterocycles. The molecule has 0 aliphatic carbocycles. The van der Waals surface area contributed by atoms with E-state index in [1.54, 1.807) is 0 Å². The van der Waals surface area contributed by atoms with Crippen LogP contribution >= 0.6 is 0 Å². The molecule has 15 heavy (non-hydrogen) atoms. The fourth-order valence-electron chi connectivity index (χ4n) is 1.72. The first kappa shape index (κ1) is 10.2. The van der Waals surface area contributed by atoms with Crippen LogP contribution in [0, 0.1) is 13.8 Å². The van der Waals surface area contributed by atoms with Gasteiger partial charge in [-0.25, -0.2) is 5.90 Å². The summed E-state index contributed by atoms with van der Waals surface area (Å²) in [6.45, 7) is 4.60. The Kier molecular flexibility index (Phi) is 2.75. The normalized spacial score (nSPS) is 11.1. The molecule has 2 aromatic rings. The molecule has 0 spiro atoms. The van der Waals surface area contributed by atoms with Gasteiger partial charge in [-0.2, -0.15) is 0 Å². The maximum absolute atomic E-state index is 5.60. The molecule has 80 valence electrons. The first-order valence-corrected chi connectivity index (χ1v) is 5.02. The fraction of sp³-hybridized carbons (Fsp3) is 0.333. The Morgan fingerprint density at radius 2 is 2.13 bits per heavy atom. The van der Waals surface area contributed by atoms with Gasteiger partial charge >= 0.3 is 0 Å². The van der Waals surface area contributed by atoms with E-state index in [0.29, 0.717) is 6.61 Å². The van der Waals surface area contributed by atoms with Crippen LogP contribution in [-0.4, -0.2) is 6.61 Å². The molecule has 0 amide bonds. The molecule has 0 saturated heterocycles. The lowest BCUT2D eigenvalue weighted by molar-refractivity contribution is 0.141. The van der Waals surface area contributed by atoms with Gasteiger partial charge in [0.15, 0.2) is 0 Å². The van der Waals surface area contributed by atoms with Gasteiger partial charge in [0.25, 0.3) is 0 Å². The first-order valence-electron chi connectivity index (χ1n) is 5.02. The van der Waals surface area contributed by atoms with Crippen molar-refractivity contribution in [2.24, 2.45) is 5.90 Å². The standard InChI is InChI=1S/C12H15NO2/c1-8-9(2)15-12-4-3-10(5-6-14-13)7-11(8)12/h3-4,7H,5-6,13H2,1-2H3. The molecule has 0 fully saturated rings. The maximum Gasteiger partial charge on any atom is 0.134 e. The highest BCUT2D eigenvalue weighted by Gasteiger charge is 2.06. The topological polar surface area (TPSA) is 48.4 Å². The molecule has 0 bridgehead atoms. The Labute approximate surface area is 88.8 Å². The van der Waals surface area contributed by atoms with Crippen molar-refractivity contribution in [2.45, 2.75) is 20.3 Å². The van der Waals surface area contributed by atoms with Crippen molar-refractivity contribution in [3.05, 3.63) is 35.1 Å².